The molecular weight excluding hydrogens is 150 g/mol. The highest BCUT2D eigenvalue weighted by molar-refractivity contribution is 5.77. The summed E-state index contributed by atoms with van der Waals surface area (Å²) in [4.78, 5) is 13.5. The summed E-state index contributed by atoms with van der Waals surface area (Å²) in [6.07, 6.45) is 9.73. The Morgan fingerprint density at radius 3 is 3.25 bits per heavy atom. The Balaban J connectivity index is 2.13. The van der Waals surface area contributed by atoms with Crippen LogP contribution in [-0.2, 0) is 4.79 Å². The molecule has 1 fully saturated rings. The largest absolute Gasteiger partial charge is 0.336 e. The van der Waals surface area contributed by atoms with E-state index in [4.69, 9.17) is 0 Å². The quantitative estimate of drug-likeness (QED) is 0.500. The van der Waals surface area contributed by atoms with Gasteiger partial charge in [0.15, 0.2) is 0 Å². The summed E-state index contributed by atoms with van der Waals surface area (Å²) < 4.78 is 0. The van der Waals surface area contributed by atoms with Crippen LogP contribution in [0.4, 0.5) is 0 Å². The molecule has 0 spiro atoms. The maximum absolute atomic E-state index is 11.5. The van der Waals surface area contributed by atoms with Crippen LogP contribution < -0.4 is 0 Å². The second-order valence-electron chi connectivity index (χ2n) is 3.62. The van der Waals surface area contributed by atoms with E-state index >= 15 is 0 Å². The van der Waals surface area contributed by atoms with Gasteiger partial charge in [-0.3, -0.25) is 4.79 Å². The zero-order valence-corrected chi connectivity index (χ0v) is 7.33. The molecule has 2 heterocycles. The number of amides is 1. The third-order valence-corrected chi connectivity index (χ3v) is 2.74. The lowest BCUT2D eigenvalue weighted by Crippen LogP contribution is -2.42. The number of nitrogens with zero attached hydrogens (tertiary/aromatic N) is 1. The molecule has 0 aromatic carbocycles. The van der Waals surface area contributed by atoms with Crippen LogP contribution in [-0.4, -0.2) is 23.4 Å². The molecule has 12 heavy (non-hydrogen) atoms. The SMILES string of the molecule is O=C1CCCC2C=CCCCN12. The molecule has 0 aliphatic carbocycles. The third kappa shape index (κ3) is 1.38. The van der Waals surface area contributed by atoms with Crippen molar-refractivity contribution in [2.45, 2.75) is 38.1 Å². The highest BCUT2D eigenvalue weighted by Crippen LogP contribution is 2.21. The number of carbonyl (C=O) groups excluding carboxylic acids is 1. The molecule has 2 heteroatoms. The molecular formula is C10H15NO. The van der Waals surface area contributed by atoms with Crippen molar-refractivity contribution in [2.24, 2.45) is 0 Å². The summed E-state index contributed by atoms with van der Waals surface area (Å²) in [5.74, 6) is 0.359. The van der Waals surface area contributed by atoms with Gasteiger partial charge in [0.2, 0.25) is 5.91 Å². The summed E-state index contributed by atoms with van der Waals surface area (Å²) in [6, 6.07) is 0.425. The van der Waals surface area contributed by atoms with E-state index in [0.717, 1.165) is 32.2 Å². The van der Waals surface area contributed by atoms with Gasteiger partial charge < -0.3 is 4.90 Å². The van der Waals surface area contributed by atoms with Gasteiger partial charge in [-0.2, -0.15) is 0 Å². The van der Waals surface area contributed by atoms with E-state index in [1.165, 1.54) is 6.42 Å². The maximum atomic E-state index is 11.5. The van der Waals surface area contributed by atoms with Crippen molar-refractivity contribution in [3.8, 4) is 0 Å². The lowest BCUT2D eigenvalue weighted by atomic mass is 10.0. The Labute approximate surface area is 73.2 Å². The lowest BCUT2D eigenvalue weighted by molar-refractivity contribution is -0.135. The normalized spacial score (nSPS) is 29.8. The number of hydrogen-bond acceptors (Lipinski definition) is 1. The van der Waals surface area contributed by atoms with Gasteiger partial charge in [0, 0.05) is 19.0 Å². The van der Waals surface area contributed by atoms with Crippen LogP contribution >= 0.6 is 0 Å². The molecule has 0 aromatic rings. The van der Waals surface area contributed by atoms with Crippen molar-refractivity contribution >= 4 is 5.91 Å². The topological polar surface area (TPSA) is 20.3 Å². The second kappa shape index (κ2) is 3.30. The zero-order valence-electron chi connectivity index (χ0n) is 7.33. The van der Waals surface area contributed by atoms with E-state index in [-0.39, 0.29) is 0 Å². The van der Waals surface area contributed by atoms with E-state index in [2.05, 4.69) is 12.2 Å². The molecule has 2 aliphatic heterocycles. The Bertz CT molecular complexity index is 210. The molecule has 1 saturated heterocycles. The van der Waals surface area contributed by atoms with Crippen LogP contribution in [0.3, 0.4) is 0 Å². The first-order valence-electron chi connectivity index (χ1n) is 4.84. The van der Waals surface area contributed by atoms with E-state index < -0.39 is 0 Å². The minimum Gasteiger partial charge on any atom is -0.336 e. The van der Waals surface area contributed by atoms with E-state index in [1.54, 1.807) is 0 Å². The van der Waals surface area contributed by atoms with Crippen molar-refractivity contribution in [3.05, 3.63) is 12.2 Å². The average molecular weight is 165 g/mol. The highest BCUT2D eigenvalue weighted by atomic mass is 16.2. The molecule has 2 rings (SSSR count). The molecule has 0 radical (unpaired) electrons. The van der Waals surface area contributed by atoms with Gasteiger partial charge in [0.1, 0.15) is 0 Å². The summed E-state index contributed by atoms with van der Waals surface area (Å²) in [5.41, 5.74) is 0. The van der Waals surface area contributed by atoms with Crippen LogP contribution in [0.5, 0.6) is 0 Å². The van der Waals surface area contributed by atoms with Crippen LogP contribution in [0, 0.1) is 0 Å². The van der Waals surface area contributed by atoms with Crippen molar-refractivity contribution < 1.29 is 4.79 Å². The Kier molecular flexibility index (Phi) is 2.15. The van der Waals surface area contributed by atoms with Crippen molar-refractivity contribution in [2.75, 3.05) is 6.54 Å². The molecule has 2 aliphatic rings. The molecule has 2 nitrogen and oxygen atoms in total. The predicted octanol–water partition coefficient (Wildman–Crippen LogP) is 1.72. The first kappa shape index (κ1) is 7.84. The number of hydrogen-bond donors (Lipinski definition) is 0. The number of fused-ring (bicyclic) bond motifs is 1. The van der Waals surface area contributed by atoms with E-state index in [9.17, 15) is 4.79 Å². The molecule has 1 unspecified atom stereocenters. The number of rotatable bonds is 0. The number of piperidine rings is 1. The Morgan fingerprint density at radius 2 is 2.33 bits per heavy atom. The molecule has 0 aromatic heterocycles. The van der Waals surface area contributed by atoms with Crippen molar-refractivity contribution in [1.82, 2.24) is 4.90 Å². The summed E-state index contributed by atoms with van der Waals surface area (Å²) in [6.45, 7) is 0.969. The maximum Gasteiger partial charge on any atom is 0.223 e. The van der Waals surface area contributed by atoms with Gasteiger partial charge in [-0.25, -0.2) is 0 Å². The fourth-order valence-corrected chi connectivity index (χ4v) is 2.07. The van der Waals surface area contributed by atoms with Gasteiger partial charge in [-0.15, -0.1) is 0 Å². The lowest BCUT2D eigenvalue weighted by Gasteiger charge is -2.32. The van der Waals surface area contributed by atoms with Crippen LogP contribution in [0.2, 0.25) is 0 Å². The van der Waals surface area contributed by atoms with Crippen LogP contribution in [0.1, 0.15) is 32.1 Å². The molecule has 0 bridgehead atoms. The molecule has 66 valence electrons. The minimum absolute atomic E-state index is 0.359. The number of allylic oxidation sites excluding steroid dienone is 1. The molecule has 0 N–H and O–H groups in total. The minimum atomic E-state index is 0.359. The standard InChI is InChI=1S/C10H15NO/c12-10-7-4-6-9-5-2-1-3-8-11(9)10/h2,5,9H,1,3-4,6-8H2. The fourth-order valence-electron chi connectivity index (χ4n) is 2.07. The van der Waals surface area contributed by atoms with Crippen LogP contribution in [0.25, 0.3) is 0 Å². The Morgan fingerprint density at radius 1 is 1.42 bits per heavy atom. The molecule has 0 saturated carbocycles. The first-order valence-corrected chi connectivity index (χ1v) is 4.84. The Hall–Kier alpha value is -0.790. The smallest absolute Gasteiger partial charge is 0.223 e. The monoisotopic (exact) mass is 165 g/mol. The van der Waals surface area contributed by atoms with Crippen molar-refractivity contribution in [1.29, 1.82) is 0 Å². The van der Waals surface area contributed by atoms with Crippen molar-refractivity contribution in [3.63, 3.8) is 0 Å². The predicted molar refractivity (Wildman–Crippen MR) is 47.7 cm³/mol. The molecule has 1 atom stereocenters. The van der Waals surface area contributed by atoms with E-state index in [0.29, 0.717) is 11.9 Å². The number of carbonyl (C=O) groups is 1. The van der Waals surface area contributed by atoms with E-state index in [1.807, 2.05) is 4.90 Å². The van der Waals surface area contributed by atoms with Crippen LogP contribution in [0.15, 0.2) is 12.2 Å². The van der Waals surface area contributed by atoms with Gasteiger partial charge in [-0.05, 0) is 25.7 Å². The zero-order chi connectivity index (χ0) is 8.39. The molecule has 1 amide bonds. The summed E-state index contributed by atoms with van der Waals surface area (Å²) >= 11 is 0. The van der Waals surface area contributed by atoms with Gasteiger partial charge in [-0.1, -0.05) is 12.2 Å². The van der Waals surface area contributed by atoms with Gasteiger partial charge in [0.25, 0.3) is 0 Å². The first-order chi connectivity index (χ1) is 5.88. The summed E-state index contributed by atoms with van der Waals surface area (Å²) in [5, 5.41) is 0. The summed E-state index contributed by atoms with van der Waals surface area (Å²) in [7, 11) is 0. The van der Waals surface area contributed by atoms with Gasteiger partial charge in [0.05, 0.1) is 0 Å². The second-order valence-corrected chi connectivity index (χ2v) is 3.62. The average Bonchev–Trinajstić information content (AvgIpc) is 2.30. The fraction of sp³-hybridized carbons (Fsp3) is 0.700. The third-order valence-electron chi connectivity index (χ3n) is 2.74. The van der Waals surface area contributed by atoms with Gasteiger partial charge >= 0.3 is 0 Å². The highest BCUT2D eigenvalue weighted by Gasteiger charge is 2.26.